The van der Waals surface area contributed by atoms with Gasteiger partial charge in [0.05, 0.1) is 6.10 Å². The number of aryl methyl sites for hydroxylation is 3. The molecule has 0 saturated carbocycles. The van der Waals surface area contributed by atoms with Gasteiger partial charge in [0.25, 0.3) is 0 Å². The first kappa shape index (κ1) is 12.2. The molecule has 3 N–H and O–H groups in total. The summed E-state index contributed by atoms with van der Waals surface area (Å²) in [6, 6.07) is 4.16. The molecule has 1 aromatic carbocycles. The van der Waals surface area contributed by atoms with Crippen LogP contribution in [0.4, 0.5) is 0 Å². The first-order valence-corrected chi connectivity index (χ1v) is 5.28. The molecule has 1 unspecified atom stereocenters. The van der Waals surface area contributed by atoms with Crippen LogP contribution in [0.3, 0.4) is 0 Å². The van der Waals surface area contributed by atoms with Crippen molar-refractivity contribution in [1.29, 1.82) is 0 Å². The van der Waals surface area contributed by atoms with Gasteiger partial charge >= 0.3 is 0 Å². The summed E-state index contributed by atoms with van der Waals surface area (Å²) in [5, 5.41) is 10.2. The van der Waals surface area contributed by atoms with Crippen LogP contribution in [-0.2, 0) is 0 Å². The molecule has 0 radical (unpaired) electrons. The Morgan fingerprint density at radius 2 is 1.53 bits per heavy atom. The number of nitrogens with two attached hydrogens (primary N) is 1. The summed E-state index contributed by atoms with van der Waals surface area (Å²) in [5.74, 6) is 0. The normalized spacial score (nSPS) is 14.1. The molecule has 0 aliphatic carbocycles. The molecule has 0 aromatic heterocycles. The first-order valence-electron chi connectivity index (χ1n) is 5.28. The van der Waals surface area contributed by atoms with E-state index in [1.165, 1.54) is 5.56 Å². The lowest BCUT2D eigenvalue weighted by Crippen LogP contribution is -2.39. The fraction of sp³-hybridized carbons (Fsp3) is 0.538. The van der Waals surface area contributed by atoms with E-state index in [0.717, 1.165) is 16.7 Å². The minimum atomic E-state index is -0.613. The minimum absolute atomic E-state index is 0.606. The van der Waals surface area contributed by atoms with Gasteiger partial charge in [-0.1, -0.05) is 17.7 Å². The third-order valence-corrected chi connectivity index (χ3v) is 2.72. The van der Waals surface area contributed by atoms with Gasteiger partial charge in [0, 0.05) is 5.54 Å². The molecule has 2 heteroatoms. The third kappa shape index (κ3) is 2.58. The molecule has 0 aliphatic heterocycles. The molecule has 1 atom stereocenters. The predicted molar refractivity (Wildman–Crippen MR) is 63.9 cm³/mol. The van der Waals surface area contributed by atoms with Crippen LogP contribution in [-0.4, -0.2) is 10.6 Å². The summed E-state index contributed by atoms with van der Waals surface area (Å²) in [7, 11) is 0. The third-order valence-electron chi connectivity index (χ3n) is 2.72. The van der Waals surface area contributed by atoms with Crippen LogP contribution in [0, 0.1) is 20.8 Å². The van der Waals surface area contributed by atoms with Gasteiger partial charge in [0.2, 0.25) is 0 Å². The number of benzene rings is 1. The summed E-state index contributed by atoms with van der Waals surface area (Å²) >= 11 is 0. The van der Waals surface area contributed by atoms with Gasteiger partial charge in [0.15, 0.2) is 0 Å². The molecule has 0 aliphatic rings. The Hall–Kier alpha value is -0.860. The van der Waals surface area contributed by atoms with Gasteiger partial charge in [0.1, 0.15) is 0 Å². The van der Waals surface area contributed by atoms with Gasteiger partial charge < -0.3 is 10.8 Å². The Bertz CT molecular complexity index is 340. The molecule has 0 amide bonds. The average molecular weight is 207 g/mol. The number of hydrogen-bond donors (Lipinski definition) is 2. The van der Waals surface area contributed by atoms with Crippen LogP contribution >= 0.6 is 0 Å². The summed E-state index contributed by atoms with van der Waals surface area (Å²) in [6.45, 7) is 9.78. The van der Waals surface area contributed by atoms with Crippen LogP contribution < -0.4 is 5.73 Å². The average Bonchev–Trinajstić information content (AvgIpc) is 1.99. The van der Waals surface area contributed by atoms with E-state index in [9.17, 15) is 5.11 Å². The van der Waals surface area contributed by atoms with E-state index < -0.39 is 11.6 Å². The second-order valence-corrected chi connectivity index (χ2v) is 5.04. The lowest BCUT2D eigenvalue weighted by atomic mass is 9.86. The fourth-order valence-electron chi connectivity index (χ4n) is 1.99. The van der Waals surface area contributed by atoms with Gasteiger partial charge in [-0.05, 0) is 51.3 Å². The smallest absolute Gasteiger partial charge is 0.0969 e. The van der Waals surface area contributed by atoms with Crippen molar-refractivity contribution >= 4 is 0 Å². The largest absolute Gasteiger partial charge is 0.386 e. The van der Waals surface area contributed by atoms with E-state index in [0.29, 0.717) is 0 Å². The lowest BCUT2D eigenvalue weighted by molar-refractivity contribution is 0.103. The Labute approximate surface area is 92.1 Å². The molecule has 1 aromatic rings. The first-order chi connectivity index (χ1) is 6.73. The quantitative estimate of drug-likeness (QED) is 0.782. The second-order valence-electron chi connectivity index (χ2n) is 5.04. The van der Waals surface area contributed by atoms with E-state index >= 15 is 0 Å². The SMILES string of the molecule is Cc1cc(C)c(C(O)C(C)(C)N)c(C)c1. The molecule has 1 rings (SSSR count). The zero-order chi connectivity index (χ0) is 11.8. The van der Waals surface area contributed by atoms with Crippen molar-refractivity contribution in [3.05, 3.63) is 34.4 Å². The zero-order valence-corrected chi connectivity index (χ0v) is 10.3. The molecule has 0 bridgehead atoms. The highest BCUT2D eigenvalue weighted by atomic mass is 16.3. The van der Waals surface area contributed by atoms with E-state index in [1.807, 2.05) is 27.7 Å². The number of aliphatic hydroxyl groups is 1. The standard InChI is InChI=1S/C13H21NO/c1-8-6-9(2)11(10(3)7-8)12(15)13(4,5)14/h6-7,12,15H,14H2,1-5H3. The Morgan fingerprint density at radius 1 is 1.13 bits per heavy atom. The van der Waals surface area contributed by atoms with Crippen molar-refractivity contribution < 1.29 is 5.11 Å². The molecule has 0 fully saturated rings. The maximum Gasteiger partial charge on any atom is 0.0969 e. The monoisotopic (exact) mass is 207 g/mol. The maximum atomic E-state index is 10.2. The van der Waals surface area contributed by atoms with Crippen LogP contribution in [0.15, 0.2) is 12.1 Å². The molecule has 0 heterocycles. The molecule has 0 saturated heterocycles. The Kier molecular flexibility index (Phi) is 3.22. The highest BCUT2D eigenvalue weighted by Gasteiger charge is 2.26. The highest BCUT2D eigenvalue weighted by Crippen LogP contribution is 2.29. The number of hydrogen-bond acceptors (Lipinski definition) is 2. The fourth-order valence-corrected chi connectivity index (χ4v) is 1.99. The van der Waals surface area contributed by atoms with Gasteiger partial charge in [-0.3, -0.25) is 0 Å². The van der Waals surface area contributed by atoms with Crippen molar-refractivity contribution in [3.63, 3.8) is 0 Å². The number of aliphatic hydroxyl groups excluding tert-OH is 1. The summed E-state index contributed by atoms with van der Waals surface area (Å²) in [6.07, 6.45) is -0.613. The van der Waals surface area contributed by atoms with Gasteiger partial charge in [-0.15, -0.1) is 0 Å². The van der Waals surface area contributed by atoms with Crippen LogP contribution in [0.25, 0.3) is 0 Å². The van der Waals surface area contributed by atoms with Crippen molar-refractivity contribution in [2.45, 2.75) is 46.3 Å². The summed E-state index contributed by atoms with van der Waals surface area (Å²) < 4.78 is 0. The molecular formula is C13H21NO. The van der Waals surface area contributed by atoms with E-state index in [4.69, 9.17) is 5.73 Å². The van der Waals surface area contributed by atoms with Crippen LogP contribution in [0.1, 0.15) is 42.2 Å². The molecule has 15 heavy (non-hydrogen) atoms. The van der Waals surface area contributed by atoms with Crippen molar-refractivity contribution in [3.8, 4) is 0 Å². The topological polar surface area (TPSA) is 46.2 Å². The second kappa shape index (κ2) is 3.95. The predicted octanol–water partition coefficient (Wildman–Crippen LogP) is 2.38. The maximum absolute atomic E-state index is 10.2. The van der Waals surface area contributed by atoms with Gasteiger partial charge in [-0.2, -0.15) is 0 Å². The van der Waals surface area contributed by atoms with E-state index in [2.05, 4.69) is 19.1 Å². The Morgan fingerprint density at radius 3 is 1.87 bits per heavy atom. The van der Waals surface area contributed by atoms with Gasteiger partial charge in [-0.25, -0.2) is 0 Å². The minimum Gasteiger partial charge on any atom is -0.386 e. The van der Waals surface area contributed by atoms with Crippen LogP contribution in [0.5, 0.6) is 0 Å². The molecule has 0 spiro atoms. The van der Waals surface area contributed by atoms with Crippen LogP contribution in [0.2, 0.25) is 0 Å². The van der Waals surface area contributed by atoms with E-state index in [1.54, 1.807) is 0 Å². The molecular weight excluding hydrogens is 186 g/mol. The van der Waals surface area contributed by atoms with Crippen molar-refractivity contribution in [1.82, 2.24) is 0 Å². The molecule has 2 nitrogen and oxygen atoms in total. The zero-order valence-electron chi connectivity index (χ0n) is 10.3. The Balaban J connectivity index is 3.26. The molecule has 84 valence electrons. The van der Waals surface area contributed by atoms with E-state index in [-0.39, 0.29) is 0 Å². The highest BCUT2D eigenvalue weighted by molar-refractivity contribution is 5.40. The summed E-state index contributed by atoms with van der Waals surface area (Å²) in [4.78, 5) is 0. The number of rotatable bonds is 2. The summed E-state index contributed by atoms with van der Waals surface area (Å²) in [5.41, 5.74) is 9.73. The van der Waals surface area contributed by atoms with Crippen molar-refractivity contribution in [2.24, 2.45) is 5.73 Å². The van der Waals surface area contributed by atoms with Crippen molar-refractivity contribution in [2.75, 3.05) is 0 Å². The lowest BCUT2D eigenvalue weighted by Gasteiger charge is -2.29.